The Hall–Kier alpha value is -4.80. The minimum Gasteiger partial charge on any atom is -0.444 e. The number of carbonyl (C=O) groups excluding carboxylic acids is 1. The SMILES string of the molecule is CCCCC[N+]1=C(/C=C/C2=C(N(C)C(=O)OCc3cc[n+](C)cc3)C(=C/C=C3/N(CCCCS(=O)(=O)O)c4ccccc4C3(C)C)/CC2)C(C)(C)c2ccccc21. The number of fused-ring (bicyclic) bond motifs is 2. The van der Waals surface area contributed by atoms with E-state index in [1.165, 1.54) is 28.9 Å². The van der Waals surface area contributed by atoms with Crippen molar-refractivity contribution in [2.45, 2.75) is 97.0 Å². The molecule has 1 N–H and O–H groups in total. The first-order valence-electron chi connectivity index (χ1n) is 20.4. The van der Waals surface area contributed by atoms with Gasteiger partial charge in [-0.05, 0) is 74.8 Å². The highest BCUT2D eigenvalue weighted by Crippen LogP contribution is 2.48. The number of hydrogen-bond donors (Lipinski definition) is 1. The number of unbranched alkanes of at least 4 members (excludes halogenated alkanes) is 3. The van der Waals surface area contributed by atoms with Gasteiger partial charge in [0.25, 0.3) is 10.1 Å². The molecular formula is C47H60N4O5S+2. The molecule has 0 bridgehead atoms. The Kier molecular flexibility index (Phi) is 12.7. The van der Waals surface area contributed by atoms with Crippen LogP contribution in [0.4, 0.5) is 16.2 Å². The molecule has 1 amide bonds. The molecule has 302 valence electrons. The second kappa shape index (κ2) is 17.4. The van der Waals surface area contributed by atoms with E-state index in [2.05, 4.69) is 111 Å². The van der Waals surface area contributed by atoms with Gasteiger partial charge < -0.3 is 9.64 Å². The van der Waals surface area contributed by atoms with Gasteiger partial charge in [0.15, 0.2) is 18.1 Å². The van der Waals surface area contributed by atoms with Gasteiger partial charge in [0, 0.05) is 72.2 Å². The van der Waals surface area contributed by atoms with Gasteiger partial charge in [-0.3, -0.25) is 9.45 Å². The second-order valence-electron chi connectivity index (χ2n) is 16.6. The molecule has 2 aromatic carbocycles. The molecule has 0 fully saturated rings. The minimum absolute atomic E-state index is 0.168. The highest BCUT2D eigenvalue weighted by atomic mass is 32.2. The summed E-state index contributed by atoms with van der Waals surface area (Å²) < 4.78 is 42.6. The molecule has 0 saturated carbocycles. The number of likely N-dealkylation sites (N-methyl/N-ethyl adjacent to an activating group) is 1. The van der Waals surface area contributed by atoms with Crippen LogP contribution in [0.1, 0.15) is 96.3 Å². The molecule has 10 heteroatoms. The summed E-state index contributed by atoms with van der Waals surface area (Å²) in [6, 6.07) is 21.0. The number of benzene rings is 2. The average molecular weight is 793 g/mol. The average Bonchev–Trinajstić information content (AvgIpc) is 3.75. The number of allylic oxidation sites excluding steroid dienone is 7. The fourth-order valence-corrected chi connectivity index (χ4v) is 9.20. The summed E-state index contributed by atoms with van der Waals surface area (Å²) in [6.45, 7) is 13.0. The highest BCUT2D eigenvalue weighted by molar-refractivity contribution is 7.85. The van der Waals surface area contributed by atoms with Crippen molar-refractivity contribution in [2.24, 2.45) is 7.05 Å². The first-order chi connectivity index (χ1) is 27.1. The molecule has 9 nitrogen and oxygen atoms in total. The van der Waals surface area contributed by atoms with E-state index in [1.807, 2.05) is 42.2 Å². The Morgan fingerprint density at radius 3 is 2.32 bits per heavy atom. The summed E-state index contributed by atoms with van der Waals surface area (Å²) in [4.78, 5) is 17.8. The van der Waals surface area contributed by atoms with Crippen LogP contribution in [0.15, 0.2) is 120 Å². The van der Waals surface area contributed by atoms with Crippen LogP contribution < -0.4 is 9.47 Å². The number of anilines is 1. The van der Waals surface area contributed by atoms with Gasteiger partial charge >= 0.3 is 6.09 Å². The molecule has 3 aromatic rings. The Balaban J connectivity index is 1.38. The van der Waals surface area contributed by atoms with Crippen LogP contribution in [0.2, 0.25) is 0 Å². The van der Waals surface area contributed by atoms with E-state index in [4.69, 9.17) is 4.74 Å². The maximum atomic E-state index is 13.9. The van der Waals surface area contributed by atoms with Gasteiger partial charge in [0.05, 0.1) is 16.9 Å². The van der Waals surface area contributed by atoms with E-state index in [-0.39, 0.29) is 23.2 Å². The zero-order valence-electron chi connectivity index (χ0n) is 34.8. The van der Waals surface area contributed by atoms with Crippen molar-refractivity contribution in [3.63, 3.8) is 0 Å². The molecule has 3 aliphatic rings. The minimum atomic E-state index is -4.03. The lowest BCUT2D eigenvalue weighted by atomic mass is 9.81. The highest BCUT2D eigenvalue weighted by Gasteiger charge is 2.44. The largest absolute Gasteiger partial charge is 0.444 e. The van der Waals surface area contributed by atoms with Crippen molar-refractivity contribution in [2.75, 3.05) is 30.8 Å². The summed E-state index contributed by atoms with van der Waals surface area (Å²) in [7, 11) is -0.267. The van der Waals surface area contributed by atoms with Crippen LogP contribution >= 0.6 is 0 Å². The first-order valence-corrected chi connectivity index (χ1v) is 22.0. The first kappa shape index (κ1) is 41.8. The van der Waals surface area contributed by atoms with Crippen molar-refractivity contribution in [3.8, 4) is 0 Å². The number of aromatic nitrogens is 1. The Bertz CT molecular complexity index is 2250. The molecule has 0 atom stereocenters. The summed E-state index contributed by atoms with van der Waals surface area (Å²) in [6.07, 6.45) is 18.2. The molecule has 0 radical (unpaired) electrons. The fourth-order valence-electron chi connectivity index (χ4n) is 8.63. The van der Waals surface area contributed by atoms with Gasteiger partial charge in [-0.1, -0.05) is 75.7 Å². The van der Waals surface area contributed by atoms with E-state index in [0.717, 1.165) is 66.0 Å². The summed E-state index contributed by atoms with van der Waals surface area (Å²) >= 11 is 0. The number of para-hydroxylation sites is 2. The zero-order chi connectivity index (χ0) is 41.0. The summed E-state index contributed by atoms with van der Waals surface area (Å²) in [5.41, 5.74) is 10.6. The van der Waals surface area contributed by atoms with E-state index in [1.54, 1.807) is 11.9 Å². The van der Waals surface area contributed by atoms with Crippen LogP contribution in [0.25, 0.3) is 0 Å². The van der Waals surface area contributed by atoms with Crippen molar-refractivity contribution in [3.05, 3.63) is 137 Å². The molecule has 57 heavy (non-hydrogen) atoms. The smallest absolute Gasteiger partial charge is 0.414 e. The Labute approximate surface area is 340 Å². The lowest BCUT2D eigenvalue weighted by molar-refractivity contribution is -0.671. The van der Waals surface area contributed by atoms with Crippen LogP contribution in [-0.2, 0) is 39.3 Å². The Morgan fingerprint density at radius 1 is 0.895 bits per heavy atom. The lowest BCUT2D eigenvalue weighted by Crippen LogP contribution is -2.29. The van der Waals surface area contributed by atoms with E-state index in [9.17, 15) is 17.8 Å². The molecule has 2 aliphatic heterocycles. The number of hydrogen-bond acceptors (Lipinski definition) is 5. The van der Waals surface area contributed by atoms with Crippen molar-refractivity contribution >= 4 is 33.3 Å². The van der Waals surface area contributed by atoms with Gasteiger partial charge in [-0.2, -0.15) is 13.0 Å². The van der Waals surface area contributed by atoms with E-state index < -0.39 is 16.2 Å². The second-order valence-corrected chi connectivity index (χ2v) is 18.2. The number of aryl methyl sites for hydroxylation is 1. The zero-order valence-corrected chi connectivity index (χ0v) is 35.6. The third-order valence-corrected chi connectivity index (χ3v) is 12.6. The predicted octanol–water partition coefficient (Wildman–Crippen LogP) is 9.23. The molecular weight excluding hydrogens is 733 g/mol. The number of carbonyl (C=O) groups is 1. The molecule has 6 rings (SSSR count). The number of pyridine rings is 1. The number of rotatable bonds is 15. The fraction of sp³-hybridized carbons (Fsp3) is 0.426. The number of nitrogens with zero attached hydrogens (tertiary/aromatic N) is 4. The summed E-state index contributed by atoms with van der Waals surface area (Å²) in [5, 5.41) is 0. The van der Waals surface area contributed by atoms with Crippen molar-refractivity contribution in [1.82, 2.24) is 4.90 Å². The third-order valence-electron chi connectivity index (χ3n) is 11.8. The van der Waals surface area contributed by atoms with E-state index >= 15 is 0 Å². The quantitative estimate of drug-likeness (QED) is 0.0938. The van der Waals surface area contributed by atoms with Gasteiger partial charge in [0.1, 0.15) is 20.2 Å². The molecule has 0 unspecified atom stereocenters. The molecule has 1 aliphatic carbocycles. The third kappa shape index (κ3) is 9.18. The molecule has 0 saturated heterocycles. The number of amides is 1. The topological polar surface area (TPSA) is 94.0 Å². The van der Waals surface area contributed by atoms with E-state index in [0.29, 0.717) is 19.4 Å². The van der Waals surface area contributed by atoms with Gasteiger partial charge in [0.2, 0.25) is 5.69 Å². The standard InChI is InChI=1S/C47H59N4O5S/c1-8-9-14-29-50-40-19-12-10-17-38(40)46(2,3)42(50)25-23-36-21-22-37(44(36)49(7)45(52)56-34-35-27-31-48(6)32-28-35)24-26-43-47(4,5)39-18-11-13-20-41(39)51(43)30-15-16-33-57(53,54)55/h10-13,17-20,23-28,31-32H,8-9,14-16,21-22,29-30,33-34H2,1-7H3/q+1/p+1. The number of ether oxygens (including phenoxy) is 1. The monoisotopic (exact) mass is 792 g/mol. The van der Waals surface area contributed by atoms with Crippen LogP contribution in [-0.4, -0.2) is 60.1 Å². The predicted molar refractivity (Wildman–Crippen MR) is 228 cm³/mol. The lowest BCUT2D eigenvalue weighted by Gasteiger charge is -2.27. The van der Waals surface area contributed by atoms with Crippen molar-refractivity contribution in [1.29, 1.82) is 0 Å². The normalized spacial score (nSPS) is 18.6. The maximum Gasteiger partial charge on any atom is 0.414 e. The molecule has 0 spiro atoms. The van der Waals surface area contributed by atoms with Gasteiger partial charge in [-0.25, -0.2) is 9.36 Å². The Morgan fingerprint density at radius 2 is 1.60 bits per heavy atom. The van der Waals surface area contributed by atoms with Crippen molar-refractivity contribution < 1.29 is 31.6 Å². The molecule has 3 heterocycles. The van der Waals surface area contributed by atoms with Crippen LogP contribution in [0, 0.1) is 0 Å². The molecule has 1 aromatic heterocycles. The van der Waals surface area contributed by atoms with Crippen LogP contribution in [0.5, 0.6) is 0 Å². The van der Waals surface area contributed by atoms with Crippen LogP contribution in [0.3, 0.4) is 0 Å². The maximum absolute atomic E-state index is 13.9. The summed E-state index contributed by atoms with van der Waals surface area (Å²) in [5.74, 6) is -0.260. The van der Waals surface area contributed by atoms with Gasteiger partial charge in [-0.15, -0.1) is 0 Å².